The summed E-state index contributed by atoms with van der Waals surface area (Å²) in [5.74, 6) is 0.202. The van der Waals surface area contributed by atoms with Gasteiger partial charge in [-0.15, -0.1) is 0 Å². The van der Waals surface area contributed by atoms with Crippen molar-refractivity contribution in [2.24, 2.45) is 11.3 Å². The average Bonchev–Trinajstić information content (AvgIpc) is 3.45. The van der Waals surface area contributed by atoms with E-state index in [9.17, 15) is 9.18 Å². The fourth-order valence-electron chi connectivity index (χ4n) is 4.00. The second-order valence-electron chi connectivity index (χ2n) is 7.30. The van der Waals surface area contributed by atoms with Crippen molar-refractivity contribution in [3.8, 4) is 0 Å². The number of benzene rings is 1. The quantitative estimate of drug-likeness (QED) is 0.867. The highest BCUT2D eigenvalue weighted by molar-refractivity contribution is 9.10. The van der Waals surface area contributed by atoms with Gasteiger partial charge in [-0.3, -0.25) is 4.79 Å². The van der Waals surface area contributed by atoms with Crippen LogP contribution in [0.5, 0.6) is 0 Å². The van der Waals surface area contributed by atoms with Gasteiger partial charge < -0.3 is 10.2 Å². The highest BCUT2D eigenvalue weighted by atomic mass is 79.9. The molecule has 1 amide bonds. The zero-order valence-corrected chi connectivity index (χ0v) is 14.7. The number of hydrogen-bond donors (Lipinski definition) is 1. The Balaban J connectivity index is 1.50. The summed E-state index contributed by atoms with van der Waals surface area (Å²) in [6.07, 6.45) is 5.35. The van der Waals surface area contributed by atoms with Gasteiger partial charge in [-0.1, -0.05) is 15.9 Å². The molecule has 0 bridgehead atoms. The zero-order chi connectivity index (χ0) is 16.0. The Hall–Kier alpha value is -0.940. The number of carbonyl (C=O) groups excluding carboxylic acids is 1. The van der Waals surface area contributed by atoms with E-state index in [-0.39, 0.29) is 23.1 Å². The Labute approximate surface area is 144 Å². The second kappa shape index (κ2) is 5.85. The largest absolute Gasteiger partial charge is 0.335 e. The minimum Gasteiger partial charge on any atom is -0.335 e. The maximum Gasteiger partial charge on any atom is 0.226 e. The van der Waals surface area contributed by atoms with Crippen LogP contribution in [0.3, 0.4) is 0 Å². The van der Waals surface area contributed by atoms with E-state index in [1.165, 1.54) is 6.07 Å². The lowest BCUT2D eigenvalue weighted by Crippen LogP contribution is -2.37. The lowest BCUT2D eigenvalue weighted by molar-refractivity contribution is -0.134. The van der Waals surface area contributed by atoms with Crippen LogP contribution < -0.4 is 5.32 Å². The van der Waals surface area contributed by atoms with Crippen molar-refractivity contribution in [1.29, 1.82) is 0 Å². The summed E-state index contributed by atoms with van der Waals surface area (Å²) in [5.41, 5.74) is 0.852. The smallest absolute Gasteiger partial charge is 0.226 e. The summed E-state index contributed by atoms with van der Waals surface area (Å²) in [6.45, 7) is 2.44. The van der Waals surface area contributed by atoms with Crippen LogP contribution in [0.2, 0.25) is 0 Å². The first-order valence-corrected chi connectivity index (χ1v) is 9.33. The normalized spacial score (nSPS) is 25.4. The molecule has 0 radical (unpaired) electrons. The summed E-state index contributed by atoms with van der Waals surface area (Å²) < 4.78 is 14.9. The summed E-state index contributed by atoms with van der Waals surface area (Å²) in [6, 6.07) is 5.29. The van der Waals surface area contributed by atoms with Crippen LogP contribution in [0.15, 0.2) is 22.7 Å². The maximum absolute atomic E-state index is 14.1. The van der Waals surface area contributed by atoms with Crippen molar-refractivity contribution in [1.82, 2.24) is 10.2 Å². The van der Waals surface area contributed by atoms with Crippen molar-refractivity contribution >= 4 is 21.8 Å². The molecule has 1 aromatic rings. The van der Waals surface area contributed by atoms with Crippen LogP contribution >= 0.6 is 15.9 Å². The molecule has 0 aromatic heterocycles. The molecule has 1 heterocycles. The van der Waals surface area contributed by atoms with E-state index in [4.69, 9.17) is 0 Å². The number of amides is 1. The van der Waals surface area contributed by atoms with Gasteiger partial charge >= 0.3 is 0 Å². The molecule has 1 unspecified atom stereocenters. The highest BCUT2D eigenvalue weighted by Gasteiger charge is 2.59. The fourth-order valence-corrected chi connectivity index (χ4v) is 4.40. The second-order valence-corrected chi connectivity index (χ2v) is 8.22. The first-order valence-electron chi connectivity index (χ1n) is 8.54. The van der Waals surface area contributed by atoms with Crippen molar-refractivity contribution in [3.05, 3.63) is 34.1 Å². The van der Waals surface area contributed by atoms with Gasteiger partial charge in [0.25, 0.3) is 0 Å². The standard InChI is InChI=1S/C18H22BrFN2O/c19-13-1-4-16(20)12(9-13)11-22(14-2-3-14)17(23)15-10-18(15)5-7-21-8-6-18/h1,4,9,14-15,21H,2-3,5-8,10-11H2. The molecule has 1 atom stereocenters. The minimum absolute atomic E-state index is 0.167. The summed E-state index contributed by atoms with van der Waals surface area (Å²) in [7, 11) is 0. The predicted octanol–water partition coefficient (Wildman–Crippen LogP) is 3.47. The Morgan fingerprint density at radius 2 is 2.09 bits per heavy atom. The SMILES string of the molecule is O=C(C1CC12CCNCC2)N(Cc1cc(Br)ccc1F)C1CC1. The Morgan fingerprint density at radius 3 is 2.78 bits per heavy atom. The summed E-state index contributed by atoms with van der Waals surface area (Å²) in [5, 5.41) is 3.38. The van der Waals surface area contributed by atoms with Gasteiger partial charge in [0.15, 0.2) is 0 Å². The first-order chi connectivity index (χ1) is 11.1. The lowest BCUT2D eigenvalue weighted by Gasteiger charge is -2.27. The monoisotopic (exact) mass is 380 g/mol. The van der Waals surface area contributed by atoms with Crippen molar-refractivity contribution < 1.29 is 9.18 Å². The van der Waals surface area contributed by atoms with Gasteiger partial charge in [0, 0.05) is 28.5 Å². The average molecular weight is 381 g/mol. The number of hydrogen-bond acceptors (Lipinski definition) is 2. The Kier molecular flexibility index (Phi) is 3.96. The third kappa shape index (κ3) is 3.05. The van der Waals surface area contributed by atoms with Gasteiger partial charge in [-0.2, -0.15) is 0 Å². The van der Waals surface area contributed by atoms with E-state index in [1.54, 1.807) is 12.1 Å². The van der Waals surface area contributed by atoms with E-state index >= 15 is 0 Å². The third-order valence-corrected chi connectivity index (χ3v) is 6.20. The third-order valence-electron chi connectivity index (χ3n) is 5.71. The van der Waals surface area contributed by atoms with Crippen molar-refractivity contribution in [2.75, 3.05) is 13.1 Å². The van der Waals surface area contributed by atoms with Crippen LogP contribution in [0.4, 0.5) is 4.39 Å². The van der Waals surface area contributed by atoms with Gasteiger partial charge in [0.05, 0.1) is 0 Å². The highest BCUT2D eigenvalue weighted by Crippen LogP contribution is 2.59. The number of carbonyl (C=O) groups is 1. The molecular formula is C18H22BrFN2O. The van der Waals surface area contributed by atoms with Crippen LogP contribution in [-0.2, 0) is 11.3 Å². The molecule has 124 valence electrons. The molecule has 3 nitrogen and oxygen atoms in total. The number of rotatable bonds is 4. The molecule has 5 heteroatoms. The molecule has 2 aliphatic carbocycles. The fraction of sp³-hybridized carbons (Fsp3) is 0.611. The molecule has 3 fully saturated rings. The molecule has 2 saturated carbocycles. The van der Waals surface area contributed by atoms with Crippen LogP contribution in [0, 0.1) is 17.2 Å². The van der Waals surface area contributed by atoms with Gasteiger partial charge in [0.2, 0.25) is 5.91 Å². The van der Waals surface area contributed by atoms with Crippen molar-refractivity contribution in [2.45, 2.75) is 44.7 Å². The van der Waals surface area contributed by atoms with Gasteiger partial charge in [-0.05, 0) is 68.8 Å². The van der Waals surface area contributed by atoms with E-state index < -0.39 is 0 Å². The number of piperidine rings is 1. The van der Waals surface area contributed by atoms with Gasteiger partial charge in [-0.25, -0.2) is 4.39 Å². The number of halogens is 2. The number of nitrogens with zero attached hydrogens (tertiary/aromatic N) is 1. The van der Waals surface area contributed by atoms with E-state index in [2.05, 4.69) is 21.2 Å². The minimum atomic E-state index is -0.223. The Bertz CT molecular complexity index is 625. The maximum atomic E-state index is 14.1. The topological polar surface area (TPSA) is 32.3 Å². The molecule has 1 N–H and O–H groups in total. The van der Waals surface area contributed by atoms with Crippen LogP contribution in [-0.4, -0.2) is 29.9 Å². The molecule has 3 aliphatic rings. The van der Waals surface area contributed by atoms with E-state index in [1.807, 2.05) is 4.90 Å². The Morgan fingerprint density at radius 1 is 1.35 bits per heavy atom. The molecule has 1 spiro atoms. The molecule has 1 aliphatic heterocycles. The molecule has 1 aromatic carbocycles. The van der Waals surface area contributed by atoms with Gasteiger partial charge in [0.1, 0.15) is 5.82 Å². The molecular weight excluding hydrogens is 359 g/mol. The lowest BCUT2D eigenvalue weighted by atomic mass is 9.91. The van der Waals surface area contributed by atoms with E-state index in [0.717, 1.165) is 49.7 Å². The summed E-state index contributed by atoms with van der Waals surface area (Å²) >= 11 is 3.40. The van der Waals surface area contributed by atoms with Crippen LogP contribution in [0.25, 0.3) is 0 Å². The molecule has 1 saturated heterocycles. The molecule has 4 rings (SSSR count). The zero-order valence-electron chi connectivity index (χ0n) is 13.2. The molecule has 23 heavy (non-hydrogen) atoms. The predicted molar refractivity (Wildman–Crippen MR) is 90.3 cm³/mol. The van der Waals surface area contributed by atoms with Crippen LogP contribution in [0.1, 0.15) is 37.7 Å². The first kappa shape index (κ1) is 15.6. The number of nitrogens with one attached hydrogen (secondary N) is 1. The van der Waals surface area contributed by atoms with E-state index in [0.29, 0.717) is 18.2 Å². The van der Waals surface area contributed by atoms with Crippen molar-refractivity contribution in [3.63, 3.8) is 0 Å². The summed E-state index contributed by atoms with van der Waals surface area (Å²) in [4.78, 5) is 15.0.